The van der Waals surface area contributed by atoms with Crippen LogP contribution < -0.4 is 5.32 Å². The molecule has 1 fully saturated rings. The third kappa shape index (κ3) is 4.13. The predicted molar refractivity (Wildman–Crippen MR) is 93.2 cm³/mol. The molecule has 0 radical (unpaired) electrons. The van der Waals surface area contributed by atoms with Crippen LogP contribution in [0.1, 0.15) is 25.0 Å². The highest BCUT2D eigenvalue weighted by atomic mass is 35.5. The van der Waals surface area contributed by atoms with E-state index in [1.54, 1.807) is 0 Å². The van der Waals surface area contributed by atoms with Gasteiger partial charge in [0.1, 0.15) is 5.01 Å². The zero-order valence-corrected chi connectivity index (χ0v) is 14.4. The molecule has 1 amide bonds. The summed E-state index contributed by atoms with van der Waals surface area (Å²) in [6.45, 7) is 0. The van der Waals surface area contributed by atoms with Crippen molar-refractivity contribution in [3.05, 3.63) is 40.4 Å². The topological polar surface area (TPSA) is 79.3 Å². The second kappa shape index (κ2) is 7.32. The fourth-order valence-corrected chi connectivity index (χ4v) is 3.85. The van der Waals surface area contributed by atoms with Gasteiger partial charge >= 0.3 is 5.97 Å². The van der Waals surface area contributed by atoms with Crippen LogP contribution in [0, 0.1) is 5.92 Å². The summed E-state index contributed by atoms with van der Waals surface area (Å²) >= 11 is 7.36. The highest BCUT2D eigenvalue weighted by Crippen LogP contribution is 2.27. The summed E-state index contributed by atoms with van der Waals surface area (Å²) in [5.41, 5.74) is 1.69. The first-order valence-corrected chi connectivity index (χ1v) is 8.99. The SMILES string of the molecule is O=C(Cc1csc(-c2ccc(Cl)cc2)n1)N[C@H]1CC[C@@H](C(=O)O)C1. The number of carbonyl (C=O) groups excluding carboxylic acids is 1. The van der Waals surface area contributed by atoms with Gasteiger partial charge in [-0.25, -0.2) is 4.98 Å². The fraction of sp³-hybridized carbons (Fsp3) is 0.353. The maximum absolute atomic E-state index is 12.1. The van der Waals surface area contributed by atoms with Crippen molar-refractivity contribution in [2.75, 3.05) is 0 Å². The van der Waals surface area contributed by atoms with E-state index < -0.39 is 5.97 Å². The number of aromatic nitrogens is 1. The van der Waals surface area contributed by atoms with Crippen molar-refractivity contribution in [1.82, 2.24) is 10.3 Å². The highest BCUT2D eigenvalue weighted by Gasteiger charge is 2.30. The molecular formula is C17H17ClN2O3S. The van der Waals surface area contributed by atoms with Crippen molar-refractivity contribution in [1.29, 1.82) is 0 Å². The molecule has 5 nitrogen and oxygen atoms in total. The lowest BCUT2D eigenvalue weighted by Crippen LogP contribution is -2.34. The van der Waals surface area contributed by atoms with E-state index in [1.807, 2.05) is 29.6 Å². The molecule has 1 aromatic carbocycles. The molecule has 0 bridgehead atoms. The molecule has 1 aliphatic rings. The summed E-state index contributed by atoms with van der Waals surface area (Å²) in [4.78, 5) is 27.6. The number of hydrogen-bond donors (Lipinski definition) is 2. The minimum atomic E-state index is -0.779. The molecule has 7 heteroatoms. The van der Waals surface area contributed by atoms with Gasteiger partial charge in [0.05, 0.1) is 18.0 Å². The number of benzene rings is 1. The molecule has 1 aromatic heterocycles. The minimum Gasteiger partial charge on any atom is -0.481 e. The number of carboxylic acids is 1. The Labute approximate surface area is 148 Å². The van der Waals surface area contributed by atoms with Crippen molar-refractivity contribution in [2.45, 2.75) is 31.7 Å². The maximum atomic E-state index is 12.1. The quantitative estimate of drug-likeness (QED) is 0.852. The molecule has 2 N–H and O–H groups in total. The number of carboxylic acid groups (broad SMARTS) is 1. The molecule has 0 saturated heterocycles. The summed E-state index contributed by atoms with van der Waals surface area (Å²) in [5, 5.41) is 15.3. The van der Waals surface area contributed by atoms with E-state index in [4.69, 9.17) is 16.7 Å². The normalized spacial score (nSPS) is 20.0. The summed E-state index contributed by atoms with van der Waals surface area (Å²) in [6.07, 6.45) is 2.06. The number of nitrogens with zero attached hydrogens (tertiary/aromatic N) is 1. The van der Waals surface area contributed by atoms with Crippen molar-refractivity contribution in [3.8, 4) is 10.6 Å². The van der Waals surface area contributed by atoms with Crippen molar-refractivity contribution in [3.63, 3.8) is 0 Å². The summed E-state index contributed by atoms with van der Waals surface area (Å²) in [7, 11) is 0. The van der Waals surface area contributed by atoms with Crippen LogP contribution in [0.4, 0.5) is 0 Å². The smallest absolute Gasteiger partial charge is 0.306 e. The predicted octanol–water partition coefficient (Wildman–Crippen LogP) is 3.38. The van der Waals surface area contributed by atoms with Gasteiger partial charge < -0.3 is 10.4 Å². The Morgan fingerprint density at radius 2 is 2.04 bits per heavy atom. The molecule has 1 aliphatic carbocycles. The van der Waals surface area contributed by atoms with Gasteiger partial charge in [0, 0.05) is 22.0 Å². The second-order valence-corrected chi connectivity index (χ2v) is 7.23. The van der Waals surface area contributed by atoms with Gasteiger partial charge in [0.2, 0.25) is 5.91 Å². The van der Waals surface area contributed by atoms with Crippen LogP contribution in [0.2, 0.25) is 5.02 Å². The van der Waals surface area contributed by atoms with Gasteiger partial charge in [-0.15, -0.1) is 11.3 Å². The Morgan fingerprint density at radius 3 is 2.71 bits per heavy atom. The van der Waals surface area contributed by atoms with Crippen LogP contribution in [-0.4, -0.2) is 28.0 Å². The first kappa shape index (κ1) is 16.9. The molecule has 3 rings (SSSR count). The molecule has 0 aliphatic heterocycles. The lowest BCUT2D eigenvalue weighted by atomic mass is 10.1. The van der Waals surface area contributed by atoms with Gasteiger partial charge in [-0.1, -0.05) is 23.7 Å². The van der Waals surface area contributed by atoms with E-state index in [1.165, 1.54) is 11.3 Å². The number of thiazole rings is 1. The molecule has 2 atom stereocenters. The van der Waals surface area contributed by atoms with E-state index >= 15 is 0 Å². The summed E-state index contributed by atoms with van der Waals surface area (Å²) in [5.74, 6) is -1.23. The number of hydrogen-bond acceptors (Lipinski definition) is 4. The van der Waals surface area contributed by atoms with Gasteiger partial charge in [-0.3, -0.25) is 9.59 Å². The summed E-state index contributed by atoms with van der Waals surface area (Å²) in [6, 6.07) is 7.37. The van der Waals surface area contributed by atoms with Gasteiger partial charge in [-0.05, 0) is 31.4 Å². The van der Waals surface area contributed by atoms with E-state index in [0.29, 0.717) is 17.9 Å². The van der Waals surface area contributed by atoms with E-state index in [2.05, 4.69) is 10.3 Å². The van der Waals surface area contributed by atoms with Gasteiger partial charge in [0.25, 0.3) is 0 Å². The van der Waals surface area contributed by atoms with Crippen LogP contribution in [0.3, 0.4) is 0 Å². The van der Waals surface area contributed by atoms with E-state index in [-0.39, 0.29) is 24.3 Å². The number of aliphatic carboxylic acids is 1. The minimum absolute atomic E-state index is 0.0482. The maximum Gasteiger partial charge on any atom is 0.306 e. The third-order valence-electron chi connectivity index (χ3n) is 4.13. The number of nitrogens with one attached hydrogen (secondary N) is 1. The van der Waals surface area contributed by atoms with Crippen LogP contribution >= 0.6 is 22.9 Å². The van der Waals surface area contributed by atoms with E-state index in [9.17, 15) is 9.59 Å². The molecule has 1 heterocycles. The molecule has 1 saturated carbocycles. The Balaban J connectivity index is 1.56. The summed E-state index contributed by atoms with van der Waals surface area (Å²) < 4.78 is 0. The van der Waals surface area contributed by atoms with Crippen molar-refractivity contribution in [2.24, 2.45) is 5.92 Å². The monoisotopic (exact) mass is 364 g/mol. The van der Waals surface area contributed by atoms with Crippen LogP contribution in [0.15, 0.2) is 29.6 Å². The number of halogens is 1. The third-order valence-corrected chi connectivity index (χ3v) is 5.32. The Kier molecular flexibility index (Phi) is 5.16. The highest BCUT2D eigenvalue weighted by molar-refractivity contribution is 7.13. The zero-order chi connectivity index (χ0) is 17.1. The lowest BCUT2D eigenvalue weighted by molar-refractivity contribution is -0.141. The Morgan fingerprint density at radius 1 is 1.29 bits per heavy atom. The fourth-order valence-electron chi connectivity index (χ4n) is 2.89. The first-order valence-electron chi connectivity index (χ1n) is 7.74. The number of rotatable bonds is 5. The van der Waals surface area contributed by atoms with Crippen molar-refractivity contribution < 1.29 is 14.7 Å². The average Bonchev–Trinajstić information content (AvgIpc) is 3.17. The van der Waals surface area contributed by atoms with Crippen molar-refractivity contribution >= 4 is 34.8 Å². The molecule has 2 aromatic rings. The largest absolute Gasteiger partial charge is 0.481 e. The Hall–Kier alpha value is -1.92. The second-order valence-electron chi connectivity index (χ2n) is 5.94. The van der Waals surface area contributed by atoms with Crippen LogP contribution in [0.25, 0.3) is 10.6 Å². The van der Waals surface area contributed by atoms with Gasteiger partial charge in [-0.2, -0.15) is 0 Å². The molecular weight excluding hydrogens is 348 g/mol. The molecule has 24 heavy (non-hydrogen) atoms. The number of amides is 1. The zero-order valence-electron chi connectivity index (χ0n) is 12.9. The Bertz CT molecular complexity index is 745. The molecule has 0 unspecified atom stereocenters. The first-order chi connectivity index (χ1) is 11.5. The molecule has 0 spiro atoms. The van der Waals surface area contributed by atoms with Crippen LogP contribution in [-0.2, 0) is 16.0 Å². The van der Waals surface area contributed by atoms with Crippen LogP contribution in [0.5, 0.6) is 0 Å². The molecule has 126 valence electrons. The number of carbonyl (C=O) groups is 2. The van der Waals surface area contributed by atoms with E-state index in [0.717, 1.165) is 22.7 Å². The lowest BCUT2D eigenvalue weighted by Gasteiger charge is -2.11. The average molecular weight is 365 g/mol. The van der Waals surface area contributed by atoms with Gasteiger partial charge in [0.15, 0.2) is 0 Å². The standard InChI is InChI=1S/C17H17ClN2O3S/c18-12-4-1-10(2-5-12)16-20-14(9-24-16)8-15(21)19-13-6-3-11(7-13)17(22)23/h1-2,4-5,9,11,13H,3,6-8H2,(H,19,21)(H,22,23)/t11-,13+/m1/s1.